The predicted molar refractivity (Wildman–Crippen MR) is 116 cm³/mol. The molecule has 4 aromatic rings. The average Bonchev–Trinajstić information content (AvgIpc) is 2.76. The second kappa shape index (κ2) is 7.41. The van der Waals surface area contributed by atoms with Crippen LogP contribution in [0.5, 0.6) is 11.5 Å². The third-order valence-corrected chi connectivity index (χ3v) is 6.13. The number of aromatic nitrogens is 1. The number of pyridine rings is 1. The summed E-state index contributed by atoms with van der Waals surface area (Å²) in [6, 6.07) is 19.5. The van der Waals surface area contributed by atoms with Gasteiger partial charge in [0.15, 0.2) is 5.43 Å². The van der Waals surface area contributed by atoms with Gasteiger partial charge in [-0.2, -0.15) is 11.8 Å². The van der Waals surface area contributed by atoms with E-state index in [1.807, 2.05) is 42.5 Å². The molecule has 3 aromatic carbocycles. The lowest BCUT2D eigenvalue weighted by Crippen LogP contribution is -2.18. The molecule has 1 aromatic heterocycles. The highest BCUT2D eigenvalue weighted by atomic mass is 32.2. The highest BCUT2D eigenvalue weighted by Gasteiger charge is 2.16. The molecule has 1 aliphatic heterocycles. The van der Waals surface area contributed by atoms with Gasteiger partial charge in [-0.05, 0) is 71.8 Å². The molecular weight excluding hydrogens is 385 g/mol. The minimum absolute atomic E-state index is 0.126. The fourth-order valence-corrected chi connectivity index (χ4v) is 4.65. The summed E-state index contributed by atoms with van der Waals surface area (Å²) in [5.74, 6) is 2.75. The van der Waals surface area contributed by atoms with Crippen LogP contribution < -0.4 is 10.2 Å². The molecule has 1 aliphatic rings. The van der Waals surface area contributed by atoms with Crippen LogP contribution >= 0.6 is 11.8 Å². The van der Waals surface area contributed by atoms with Crippen molar-refractivity contribution in [1.29, 1.82) is 0 Å². The number of nitrogens with one attached hydrogen (secondary N) is 1. The number of aryl methyl sites for hydroxylation is 1. The van der Waals surface area contributed by atoms with Crippen LogP contribution in [0.15, 0.2) is 71.5 Å². The van der Waals surface area contributed by atoms with E-state index in [0.29, 0.717) is 16.9 Å². The van der Waals surface area contributed by atoms with Gasteiger partial charge in [0.05, 0.1) is 0 Å². The van der Waals surface area contributed by atoms with Gasteiger partial charge in [-0.25, -0.2) is 4.39 Å². The largest absolute Gasteiger partial charge is 0.457 e. The van der Waals surface area contributed by atoms with E-state index in [1.54, 1.807) is 23.9 Å². The lowest BCUT2D eigenvalue weighted by molar-refractivity contribution is 0.481. The Morgan fingerprint density at radius 3 is 2.62 bits per heavy atom. The summed E-state index contributed by atoms with van der Waals surface area (Å²) < 4.78 is 18.9. The van der Waals surface area contributed by atoms with Gasteiger partial charge in [0.1, 0.15) is 17.3 Å². The maximum absolute atomic E-state index is 13.1. The van der Waals surface area contributed by atoms with Crippen molar-refractivity contribution < 1.29 is 9.13 Å². The third-order valence-electron chi connectivity index (χ3n) is 5.15. The Hall–Kier alpha value is -3.05. The standard InChI is InChI=1S/C24H18FNO2S/c25-17-5-7-18(8-6-17)28-19-3-1-2-15(12-19)16-4-9-22-20(13-16)24(27)21-14-29-11-10-23(21)26-22/h1-9,12-13H,10-11,14H2,(H,26,27). The Labute approximate surface area is 171 Å². The topological polar surface area (TPSA) is 42.1 Å². The summed E-state index contributed by atoms with van der Waals surface area (Å²) in [7, 11) is 0. The number of benzene rings is 3. The minimum Gasteiger partial charge on any atom is -0.457 e. The van der Waals surface area contributed by atoms with Crippen LogP contribution in [0.1, 0.15) is 11.3 Å². The van der Waals surface area contributed by atoms with Crippen LogP contribution in [0.25, 0.3) is 22.0 Å². The molecule has 0 spiro atoms. The number of thioether (sulfide) groups is 1. The van der Waals surface area contributed by atoms with E-state index in [2.05, 4.69) is 4.98 Å². The molecule has 0 aliphatic carbocycles. The predicted octanol–water partition coefficient (Wildman–Crippen LogP) is 5.92. The summed E-state index contributed by atoms with van der Waals surface area (Å²) in [6.45, 7) is 0. The van der Waals surface area contributed by atoms with Gasteiger partial charge in [0.2, 0.25) is 0 Å². The van der Waals surface area contributed by atoms with E-state index in [-0.39, 0.29) is 11.2 Å². The lowest BCUT2D eigenvalue weighted by atomic mass is 10.0. The van der Waals surface area contributed by atoms with Crippen molar-refractivity contribution >= 4 is 22.7 Å². The van der Waals surface area contributed by atoms with Crippen molar-refractivity contribution in [3.63, 3.8) is 0 Å². The van der Waals surface area contributed by atoms with Gasteiger partial charge in [-0.15, -0.1) is 0 Å². The Kier molecular flexibility index (Phi) is 4.60. The molecule has 0 fully saturated rings. The molecule has 5 rings (SSSR count). The van der Waals surface area contributed by atoms with E-state index >= 15 is 0 Å². The molecule has 0 saturated carbocycles. The van der Waals surface area contributed by atoms with Gasteiger partial charge in [0.25, 0.3) is 0 Å². The first-order valence-corrected chi connectivity index (χ1v) is 10.6. The van der Waals surface area contributed by atoms with Gasteiger partial charge < -0.3 is 9.72 Å². The lowest BCUT2D eigenvalue weighted by Gasteiger charge is -2.16. The fraction of sp³-hybridized carbons (Fsp3) is 0.125. The SMILES string of the molecule is O=c1c2c([nH]c3ccc(-c4cccc(Oc5ccc(F)cc5)c4)cc13)CCSC2. The van der Waals surface area contributed by atoms with Crippen molar-refractivity contribution in [3.05, 3.63) is 94.0 Å². The van der Waals surface area contributed by atoms with E-state index in [4.69, 9.17) is 4.74 Å². The zero-order chi connectivity index (χ0) is 19.8. The molecule has 1 N–H and O–H groups in total. The first-order chi connectivity index (χ1) is 14.2. The number of halogens is 1. The molecule has 0 radical (unpaired) electrons. The number of aromatic amines is 1. The monoisotopic (exact) mass is 403 g/mol. The number of fused-ring (bicyclic) bond motifs is 2. The van der Waals surface area contributed by atoms with Crippen molar-refractivity contribution in [3.8, 4) is 22.6 Å². The molecular formula is C24H18FNO2S. The quantitative estimate of drug-likeness (QED) is 0.462. The van der Waals surface area contributed by atoms with Gasteiger partial charge in [-0.1, -0.05) is 18.2 Å². The Morgan fingerprint density at radius 1 is 0.931 bits per heavy atom. The van der Waals surface area contributed by atoms with Gasteiger partial charge in [0, 0.05) is 27.9 Å². The highest BCUT2D eigenvalue weighted by molar-refractivity contribution is 7.98. The first kappa shape index (κ1) is 18.0. The molecule has 0 bridgehead atoms. The molecule has 0 amide bonds. The molecule has 3 nitrogen and oxygen atoms in total. The number of rotatable bonds is 3. The second-order valence-electron chi connectivity index (χ2n) is 7.06. The van der Waals surface area contributed by atoms with E-state index < -0.39 is 0 Å². The Bertz CT molecular complexity index is 1260. The molecule has 0 saturated heterocycles. The van der Waals surface area contributed by atoms with Crippen LogP contribution in [-0.2, 0) is 12.2 Å². The van der Waals surface area contributed by atoms with Crippen LogP contribution in [0.3, 0.4) is 0 Å². The number of hydrogen-bond donors (Lipinski definition) is 1. The Balaban J connectivity index is 1.53. The normalized spacial score (nSPS) is 13.3. The second-order valence-corrected chi connectivity index (χ2v) is 8.16. The molecule has 5 heteroatoms. The van der Waals surface area contributed by atoms with E-state index in [9.17, 15) is 9.18 Å². The maximum atomic E-state index is 13.1. The van der Waals surface area contributed by atoms with Crippen molar-refractivity contribution in [2.45, 2.75) is 12.2 Å². The van der Waals surface area contributed by atoms with E-state index in [1.165, 1.54) is 12.1 Å². The van der Waals surface area contributed by atoms with Crippen LogP contribution in [0.2, 0.25) is 0 Å². The molecule has 0 unspecified atom stereocenters. The third kappa shape index (κ3) is 3.54. The van der Waals surface area contributed by atoms with Crippen molar-refractivity contribution in [2.24, 2.45) is 0 Å². The van der Waals surface area contributed by atoms with E-state index in [0.717, 1.165) is 45.8 Å². The number of H-pyrrole nitrogens is 1. The maximum Gasteiger partial charge on any atom is 0.193 e. The summed E-state index contributed by atoms with van der Waals surface area (Å²) >= 11 is 1.80. The number of ether oxygens (including phenoxy) is 1. The molecule has 144 valence electrons. The zero-order valence-corrected chi connectivity index (χ0v) is 16.4. The summed E-state index contributed by atoms with van der Waals surface area (Å²) in [6.07, 6.45) is 0.912. The fourth-order valence-electron chi connectivity index (χ4n) is 3.65. The molecule has 0 atom stereocenters. The summed E-state index contributed by atoms with van der Waals surface area (Å²) in [4.78, 5) is 16.5. The molecule has 29 heavy (non-hydrogen) atoms. The van der Waals surface area contributed by atoms with Crippen molar-refractivity contribution in [2.75, 3.05) is 5.75 Å². The van der Waals surface area contributed by atoms with Crippen molar-refractivity contribution in [1.82, 2.24) is 4.98 Å². The molecule has 2 heterocycles. The minimum atomic E-state index is -0.298. The van der Waals surface area contributed by atoms with Gasteiger partial charge >= 0.3 is 0 Å². The summed E-state index contributed by atoms with van der Waals surface area (Å²) in [5, 5.41) is 0.716. The van der Waals surface area contributed by atoms with Crippen LogP contribution in [0.4, 0.5) is 4.39 Å². The van der Waals surface area contributed by atoms with Gasteiger partial charge in [-0.3, -0.25) is 4.79 Å². The highest BCUT2D eigenvalue weighted by Crippen LogP contribution is 2.30. The Morgan fingerprint density at radius 2 is 1.76 bits per heavy atom. The zero-order valence-electron chi connectivity index (χ0n) is 15.6. The number of hydrogen-bond acceptors (Lipinski definition) is 3. The first-order valence-electron chi connectivity index (χ1n) is 9.47. The summed E-state index contributed by atoms with van der Waals surface area (Å²) in [5.41, 5.74) is 4.89. The smallest absolute Gasteiger partial charge is 0.193 e. The van der Waals surface area contributed by atoms with Crippen LogP contribution in [0, 0.1) is 5.82 Å². The average molecular weight is 403 g/mol. The van der Waals surface area contributed by atoms with Crippen LogP contribution in [-0.4, -0.2) is 10.7 Å².